The van der Waals surface area contributed by atoms with Gasteiger partial charge in [0.15, 0.2) is 11.3 Å². The lowest BCUT2D eigenvalue weighted by molar-refractivity contribution is -0.123. The molecule has 7 heteroatoms. The molecule has 5 rings (SSSR count). The minimum Gasteiger partial charge on any atom is -0.496 e. The summed E-state index contributed by atoms with van der Waals surface area (Å²) in [5.74, 6) is 0.114. The Morgan fingerprint density at radius 2 is 1.38 bits per heavy atom. The van der Waals surface area contributed by atoms with Gasteiger partial charge in [-0.3, -0.25) is 19.7 Å². The van der Waals surface area contributed by atoms with Gasteiger partial charge in [-0.25, -0.2) is 0 Å². The minimum absolute atomic E-state index is 0.0413. The van der Waals surface area contributed by atoms with Gasteiger partial charge in [0.2, 0.25) is 5.91 Å². The highest BCUT2D eigenvalue weighted by atomic mass is 16.5. The third kappa shape index (κ3) is 5.37. The number of nitrogens with one attached hydrogen (secondary N) is 3. The van der Waals surface area contributed by atoms with E-state index in [9.17, 15) is 14.4 Å². The maximum atomic E-state index is 13.6. The number of methoxy groups -OCH3 is 1. The smallest absolute Gasteiger partial charge is 0.251 e. The number of ketones is 1. The third-order valence-corrected chi connectivity index (χ3v) is 7.16. The third-order valence-electron chi connectivity index (χ3n) is 7.16. The molecule has 3 N–H and O–H groups in total. The zero-order chi connectivity index (χ0) is 28.2. The number of para-hydroxylation sites is 1. The molecular weight excluding hydrogens is 502 g/mol. The van der Waals surface area contributed by atoms with Gasteiger partial charge in [-0.05, 0) is 48.4 Å². The number of hydrogen-bond acceptors (Lipinski definition) is 5. The van der Waals surface area contributed by atoms with E-state index >= 15 is 0 Å². The molecule has 1 heterocycles. The van der Waals surface area contributed by atoms with Gasteiger partial charge < -0.3 is 15.4 Å². The molecule has 0 spiro atoms. The van der Waals surface area contributed by atoms with Crippen molar-refractivity contribution in [2.45, 2.75) is 31.0 Å². The van der Waals surface area contributed by atoms with Crippen LogP contribution in [0.25, 0.3) is 0 Å². The number of carbonyl (C=O) groups is 3. The van der Waals surface area contributed by atoms with Gasteiger partial charge in [0.05, 0.1) is 19.2 Å². The SMILES string of the molecule is COc1ccccc1CC(=O)Nc1ccc(C(=O)CC2(C)NC(=O)C(c3ccccc3)(c3ccccc3)N2)cc1. The van der Waals surface area contributed by atoms with E-state index in [2.05, 4.69) is 16.0 Å². The molecule has 7 nitrogen and oxygen atoms in total. The Bertz CT molecular complexity index is 1480. The molecule has 4 aromatic rings. The van der Waals surface area contributed by atoms with Gasteiger partial charge >= 0.3 is 0 Å². The standard InChI is InChI=1S/C33H31N3O4/c1-32(35-31(39)33(36-32,25-12-5-3-6-13-25)26-14-7-4-8-15-26)22-28(37)23-17-19-27(20-18-23)34-30(38)21-24-11-9-10-16-29(24)40-2/h3-20,36H,21-22H2,1-2H3,(H,34,38)(H,35,39). The van der Waals surface area contributed by atoms with E-state index < -0.39 is 11.2 Å². The number of rotatable bonds is 9. The number of amides is 2. The van der Waals surface area contributed by atoms with Crippen molar-refractivity contribution < 1.29 is 19.1 Å². The molecule has 0 bridgehead atoms. The van der Waals surface area contributed by atoms with Crippen LogP contribution in [0.3, 0.4) is 0 Å². The molecule has 1 aliphatic rings. The summed E-state index contributed by atoms with van der Waals surface area (Å²) in [4.78, 5) is 39.6. The highest BCUT2D eigenvalue weighted by molar-refractivity contribution is 6.00. The molecule has 0 radical (unpaired) electrons. The number of benzene rings is 4. The van der Waals surface area contributed by atoms with Crippen LogP contribution in [0.2, 0.25) is 0 Å². The molecule has 0 aliphatic carbocycles. The maximum Gasteiger partial charge on any atom is 0.251 e. The Morgan fingerprint density at radius 1 is 0.800 bits per heavy atom. The highest BCUT2D eigenvalue weighted by Gasteiger charge is 2.54. The van der Waals surface area contributed by atoms with Crippen LogP contribution in [0.4, 0.5) is 5.69 Å². The first-order chi connectivity index (χ1) is 19.3. The summed E-state index contributed by atoms with van der Waals surface area (Å²) in [6.07, 6.45) is 0.207. The summed E-state index contributed by atoms with van der Waals surface area (Å²) >= 11 is 0. The Balaban J connectivity index is 1.29. The lowest BCUT2D eigenvalue weighted by Crippen LogP contribution is -2.52. The summed E-state index contributed by atoms with van der Waals surface area (Å²) < 4.78 is 5.32. The fraction of sp³-hybridized carbons (Fsp3) is 0.182. The first kappa shape index (κ1) is 26.8. The van der Waals surface area contributed by atoms with E-state index in [0.717, 1.165) is 16.7 Å². The van der Waals surface area contributed by atoms with Crippen molar-refractivity contribution in [3.63, 3.8) is 0 Å². The number of Topliss-reactive ketones (excluding diaryl/α,β-unsaturated/α-hetero) is 1. The van der Waals surface area contributed by atoms with Gasteiger partial charge in [0.1, 0.15) is 5.75 Å². The van der Waals surface area contributed by atoms with Crippen molar-refractivity contribution in [2.75, 3.05) is 12.4 Å². The van der Waals surface area contributed by atoms with Crippen molar-refractivity contribution >= 4 is 23.3 Å². The number of carbonyl (C=O) groups excluding carboxylic acids is 3. The van der Waals surface area contributed by atoms with Crippen molar-refractivity contribution in [3.05, 3.63) is 131 Å². The van der Waals surface area contributed by atoms with Crippen LogP contribution >= 0.6 is 0 Å². The summed E-state index contributed by atoms with van der Waals surface area (Å²) in [5.41, 5.74) is 1.33. The lowest BCUT2D eigenvalue weighted by atomic mass is 9.82. The predicted molar refractivity (Wildman–Crippen MR) is 154 cm³/mol. The second-order valence-corrected chi connectivity index (χ2v) is 10.1. The van der Waals surface area contributed by atoms with Crippen LogP contribution in [0.5, 0.6) is 5.75 Å². The quantitative estimate of drug-likeness (QED) is 0.268. The molecule has 1 fully saturated rings. The van der Waals surface area contributed by atoms with E-state index in [-0.39, 0.29) is 30.4 Å². The molecule has 0 saturated carbocycles. The molecule has 4 aromatic carbocycles. The van der Waals surface area contributed by atoms with Gasteiger partial charge in [0, 0.05) is 23.2 Å². The molecule has 40 heavy (non-hydrogen) atoms. The molecule has 0 aromatic heterocycles. The molecule has 2 amide bonds. The van der Waals surface area contributed by atoms with E-state index in [1.54, 1.807) is 31.4 Å². The number of ether oxygens (including phenoxy) is 1. The number of anilines is 1. The van der Waals surface area contributed by atoms with Crippen molar-refractivity contribution in [1.82, 2.24) is 10.6 Å². The highest BCUT2D eigenvalue weighted by Crippen LogP contribution is 2.37. The second-order valence-electron chi connectivity index (χ2n) is 10.1. The fourth-order valence-electron chi connectivity index (χ4n) is 5.27. The monoisotopic (exact) mass is 533 g/mol. The predicted octanol–water partition coefficient (Wildman–Crippen LogP) is 4.83. The first-order valence-electron chi connectivity index (χ1n) is 13.1. The molecular formula is C33H31N3O4. The molecule has 1 aliphatic heterocycles. The van der Waals surface area contributed by atoms with Crippen LogP contribution in [-0.2, 0) is 21.5 Å². The summed E-state index contributed by atoms with van der Waals surface area (Å²) in [6.45, 7) is 1.82. The molecule has 202 valence electrons. The molecule has 1 saturated heterocycles. The lowest BCUT2D eigenvalue weighted by Gasteiger charge is -2.32. The topological polar surface area (TPSA) is 96.5 Å². The molecule has 1 unspecified atom stereocenters. The summed E-state index contributed by atoms with van der Waals surface area (Å²) in [7, 11) is 1.57. The minimum atomic E-state index is -1.13. The first-order valence-corrected chi connectivity index (χ1v) is 13.1. The zero-order valence-corrected chi connectivity index (χ0v) is 22.4. The second kappa shape index (κ2) is 11.2. The largest absolute Gasteiger partial charge is 0.496 e. The van der Waals surface area contributed by atoms with Gasteiger partial charge in [-0.15, -0.1) is 0 Å². The van der Waals surface area contributed by atoms with Crippen LogP contribution in [-0.4, -0.2) is 30.4 Å². The number of hydrogen-bond donors (Lipinski definition) is 3. The van der Waals surface area contributed by atoms with E-state index in [1.807, 2.05) is 91.9 Å². The maximum absolute atomic E-state index is 13.6. The van der Waals surface area contributed by atoms with Crippen LogP contribution < -0.4 is 20.7 Å². The summed E-state index contributed by atoms with van der Waals surface area (Å²) in [6, 6.07) is 33.2. The van der Waals surface area contributed by atoms with Crippen LogP contribution in [0.1, 0.15) is 40.4 Å². The fourth-order valence-corrected chi connectivity index (χ4v) is 5.27. The van der Waals surface area contributed by atoms with Gasteiger partial charge in [-0.1, -0.05) is 78.9 Å². The van der Waals surface area contributed by atoms with Crippen molar-refractivity contribution in [2.24, 2.45) is 0 Å². The van der Waals surface area contributed by atoms with E-state index in [4.69, 9.17) is 4.74 Å². The average Bonchev–Trinajstić information content (AvgIpc) is 3.25. The Kier molecular flexibility index (Phi) is 7.49. The Labute approximate surface area is 233 Å². The molecule has 1 atom stereocenters. The van der Waals surface area contributed by atoms with Crippen molar-refractivity contribution in [1.29, 1.82) is 0 Å². The van der Waals surface area contributed by atoms with Crippen LogP contribution in [0, 0.1) is 0 Å². The van der Waals surface area contributed by atoms with Crippen molar-refractivity contribution in [3.8, 4) is 5.75 Å². The average molecular weight is 534 g/mol. The van der Waals surface area contributed by atoms with Gasteiger partial charge in [0.25, 0.3) is 5.91 Å². The van der Waals surface area contributed by atoms with Crippen LogP contribution in [0.15, 0.2) is 109 Å². The Hall–Kier alpha value is -4.75. The Morgan fingerprint density at radius 3 is 1.98 bits per heavy atom. The normalized spacial score (nSPS) is 17.6. The van der Waals surface area contributed by atoms with E-state index in [1.165, 1.54) is 0 Å². The van der Waals surface area contributed by atoms with Gasteiger partial charge in [-0.2, -0.15) is 0 Å². The zero-order valence-electron chi connectivity index (χ0n) is 22.4. The summed E-state index contributed by atoms with van der Waals surface area (Å²) in [5, 5.41) is 9.40. The van der Waals surface area contributed by atoms with E-state index in [0.29, 0.717) is 17.0 Å².